The molecule has 1 aromatic heterocycles. The molecule has 0 radical (unpaired) electrons. The summed E-state index contributed by atoms with van der Waals surface area (Å²) < 4.78 is 2.34. The maximum Gasteiger partial charge on any atom is 0.107 e. The van der Waals surface area contributed by atoms with Gasteiger partial charge in [-0.25, -0.2) is 4.98 Å². The second kappa shape index (κ2) is 4.15. The summed E-state index contributed by atoms with van der Waals surface area (Å²) in [7, 11) is 0. The lowest BCUT2D eigenvalue weighted by Crippen LogP contribution is -2.25. The summed E-state index contributed by atoms with van der Waals surface area (Å²) in [5, 5.41) is 3.59. The van der Waals surface area contributed by atoms with Crippen LogP contribution in [0.25, 0.3) is 11.0 Å². The van der Waals surface area contributed by atoms with Gasteiger partial charge in [-0.15, -0.1) is 0 Å². The number of para-hydroxylation sites is 2. The van der Waals surface area contributed by atoms with Crippen molar-refractivity contribution in [3.63, 3.8) is 0 Å². The summed E-state index contributed by atoms with van der Waals surface area (Å²) in [4.78, 5) is 4.61. The lowest BCUT2D eigenvalue weighted by molar-refractivity contribution is 0.493. The molecule has 0 bridgehead atoms. The Labute approximate surface area is 102 Å². The summed E-state index contributed by atoms with van der Waals surface area (Å²) >= 11 is 0. The van der Waals surface area contributed by atoms with Crippen LogP contribution in [0.4, 0.5) is 0 Å². The van der Waals surface area contributed by atoms with Crippen LogP contribution in [0.15, 0.2) is 24.3 Å². The molecule has 2 aromatic rings. The van der Waals surface area contributed by atoms with Crippen molar-refractivity contribution in [3.05, 3.63) is 30.1 Å². The Hall–Kier alpha value is -1.35. The Morgan fingerprint density at radius 1 is 1.41 bits per heavy atom. The molecule has 17 heavy (non-hydrogen) atoms. The lowest BCUT2D eigenvalue weighted by atomic mass is 10.2. The molecule has 1 N–H and O–H groups in total. The van der Waals surface area contributed by atoms with Gasteiger partial charge in [0.1, 0.15) is 5.82 Å². The molecular formula is C14H19N3. The van der Waals surface area contributed by atoms with Crippen LogP contribution < -0.4 is 5.32 Å². The third-order valence-corrected chi connectivity index (χ3v) is 3.49. The molecule has 3 nitrogen and oxygen atoms in total. The van der Waals surface area contributed by atoms with Crippen molar-refractivity contribution < 1.29 is 0 Å². The highest BCUT2D eigenvalue weighted by atomic mass is 15.1. The molecule has 0 amide bonds. The van der Waals surface area contributed by atoms with E-state index in [-0.39, 0.29) is 0 Å². The van der Waals surface area contributed by atoms with Crippen molar-refractivity contribution in [2.45, 2.75) is 38.8 Å². The molecule has 1 atom stereocenters. The van der Waals surface area contributed by atoms with Crippen LogP contribution in [0.1, 0.15) is 31.6 Å². The fraction of sp³-hybridized carbons (Fsp3) is 0.500. The van der Waals surface area contributed by atoms with Gasteiger partial charge in [-0.05, 0) is 38.8 Å². The fourth-order valence-electron chi connectivity index (χ4n) is 2.44. The minimum absolute atomic E-state index is 0.461. The summed E-state index contributed by atoms with van der Waals surface area (Å²) in [5.74, 6) is 1.11. The minimum atomic E-state index is 0.461. The minimum Gasteiger partial charge on any atom is -0.324 e. The Morgan fingerprint density at radius 2 is 2.18 bits per heavy atom. The molecule has 0 spiro atoms. The molecule has 1 aliphatic carbocycles. The molecule has 1 unspecified atom stereocenters. The van der Waals surface area contributed by atoms with Gasteiger partial charge in [-0.3, -0.25) is 0 Å². The Kier molecular flexibility index (Phi) is 2.63. The maximum atomic E-state index is 4.61. The van der Waals surface area contributed by atoms with E-state index in [1.54, 1.807) is 0 Å². The Bertz CT molecular complexity index is 525. The van der Waals surface area contributed by atoms with Crippen LogP contribution in [-0.2, 0) is 0 Å². The number of benzene rings is 1. The van der Waals surface area contributed by atoms with E-state index in [0.29, 0.717) is 6.04 Å². The molecule has 1 fully saturated rings. The first-order valence-electron chi connectivity index (χ1n) is 6.42. The molecule has 3 rings (SSSR count). The van der Waals surface area contributed by atoms with Crippen LogP contribution in [0.5, 0.6) is 0 Å². The highest BCUT2D eigenvalue weighted by Crippen LogP contribution is 2.22. The molecule has 1 aromatic carbocycles. The van der Waals surface area contributed by atoms with Gasteiger partial charge in [-0.1, -0.05) is 12.1 Å². The number of imidazole rings is 1. The molecule has 90 valence electrons. The van der Waals surface area contributed by atoms with Gasteiger partial charge in [0.05, 0.1) is 11.0 Å². The number of rotatable bonds is 4. The normalized spacial score (nSPS) is 17.5. The number of hydrogen-bond acceptors (Lipinski definition) is 2. The average molecular weight is 229 g/mol. The van der Waals surface area contributed by atoms with E-state index in [0.717, 1.165) is 23.9 Å². The first-order chi connectivity index (χ1) is 8.25. The lowest BCUT2D eigenvalue weighted by Gasteiger charge is -2.17. The van der Waals surface area contributed by atoms with Gasteiger partial charge >= 0.3 is 0 Å². The summed E-state index contributed by atoms with van der Waals surface area (Å²) in [5.41, 5.74) is 2.35. The zero-order valence-electron chi connectivity index (χ0n) is 10.5. The van der Waals surface area contributed by atoms with Crippen LogP contribution in [-0.4, -0.2) is 22.1 Å². The van der Waals surface area contributed by atoms with Crippen LogP contribution >= 0.6 is 0 Å². The first-order valence-corrected chi connectivity index (χ1v) is 6.42. The zero-order valence-corrected chi connectivity index (χ0v) is 10.5. The van der Waals surface area contributed by atoms with Gasteiger partial charge in [0.2, 0.25) is 0 Å². The van der Waals surface area contributed by atoms with Gasteiger partial charge < -0.3 is 9.88 Å². The van der Waals surface area contributed by atoms with Crippen LogP contribution in [0.3, 0.4) is 0 Å². The quantitative estimate of drug-likeness (QED) is 0.873. The van der Waals surface area contributed by atoms with E-state index in [9.17, 15) is 0 Å². The maximum absolute atomic E-state index is 4.61. The first kappa shape index (κ1) is 10.8. The van der Waals surface area contributed by atoms with E-state index in [4.69, 9.17) is 0 Å². The van der Waals surface area contributed by atoms with Crippen molar-refractivity contribution in [2.24, 2.45) is 0 Å². The SMILES string of the molecule is Cc1nc2ccccc2n1C(C)CNC1CC1. The molecule has 0 saturated heterocycles. The largest absolute Gasteiger partial charge is 0.324 e. The van der Waals surface area contributed by atoms with Crippen molar-refractivity contribution in [1.82, 2.24) is 14.9 Å². The van der Waals surface area contributed by atoms with Gasteiger partial charge in [0.25, 0.3) is 0 Å². The van der Waals surface area contributed by atoms with Gasteiger partial charge in [-0.2, -0.15) is 0 Å². The standard InChI is InChI=1S/C14H19N3/c1-10(9-15-12-7-8-12)17-11(2)16-13-5-3-4-6-14(13)17/h3-6,10,12,15H,7-9H2,1-2H3. The number of aryl methyl sites for hydroxylation is 1. The monoisotopic (exact) mass is 229 g/mol. The summed E-state index contributed by atoms with van der Waals surface area (Å²) in [6.45, 7) is 5.38. The number of aromatic nitrogens is 2. The smallest absolute Gasteiger partial charge is 0.107 e. The molecule has 1 heterocycles. The molecule has 1 aliphatic rings. The van der Waals surface area contributed by atoms with Crippen molar-refractivity contribution in [1.29, 1.82) is 0 Å². The van der Waals surface area contributed by atoms with Crippen molar-refractivity contribution in [3.8, 4) is 0 Å². The highest BCUT2D eigenvalue weighted by molar-refractivity contribution is 5.76. The summed E-state index contributed by atoms with van der Waals surface area (Å²) in [6.07, 6.45) is 2.69. The summed E-state index contributed by atoms with van der Waals surface area (Å²) in [6, 6.07) is 9.60. The number of fused-ring (bicyclic) bond motifs is 1. The predicted octanol–water partition coefficient (Wildman–Crippen LogP) is 2.66. The Balaban J connectivity index is 1.88. The van der Waals surface area contributed by atoms with Crippen molar-refractivity contribution >= 4 is 11.0 Å². The second-order valence-electron chi connectivity index (χ2n) is 5.05. The number of nitrogens with one attached hydrogen (secondary N) is 1. The second-order valence-corrected chi connectivity index (χ2v) is 5.05. The van der Waals surface area contributed by atoms with E-state index in [1.807, 2.05) is 6.07 Å². The van der Waals surface area contributed by atoms with Crippen molar-refractivity contribution in [2.75, 3.05) is 6.54 Å². The average Bonchev–Trinajstić information content (AvgIpc) is 3.07. The fourth-order valence-corrected chi connectivity index (χ4v) is 2.44. The van der Waals surface area contributed by atoms with E-state index in [2.05, 4.69) is 46.9 Å². The number of hydrogen-bond donors (Lipinski definition) is 1. The number of nitrogens with zero attached hydrogens (tertiary/aromatic N) is 2. The van der Waals surface area contributed by atoms with Crippen LogP contribution in [0, 0.1) is 6.92 Å². The molecule has 3 heteroatoms. The topological polar surface area (TPSA) is 29.9 Å². The molecule has 1 saturated carbocycles. The zero-order chi connectivity index (χ0) is 11.8. The van der Waals surface area contributed by atoms with Crippen LogP contribution in [0.2, 0.25) is 0 Å². The predicted molar refractivity (Wildman–Crippen MR) is 70.2 cm³/mol. The molecule has 0 aliphatic heterocycles. The molecular weight excluding hydrogens is 210 g/mol. The third kappa shape index (κ3) is 2.07. The van der Waals surface area contributed by atoms with Gasteiger partial charge in [0, 0.05) is 18.6 Å². The highest BCUT2D eigenvalue weighted by Gasteiger charge is 2.22. The third-order valence-electron chi connectivity index (χ3n) is 3.49. The van der Waals surface area contributed by atoms with Gasteiger partial charge in [0.15, 0.2) is 0 Å². The van der Waals surface area contributed by atoms with E-state index < -0.39 is 0 Å². The Morgan fingerprint density at radius 3 is 2.94 bits per heavy atom. The van der Waals surface area contributed by atoms with E-state index in [1.165, 1.54) is 18.4 Å². The van der Waals surface area contributed by atoms with E-state index >= 15 is 0 Å².